The zero-order chi connectivity index (χ0) is 8.97. The van der Waals surface area contributed by atoms with E-state index in [1.54, 1.807) is 0 Å². The van der Waals surface area contributed by atoms with Gasteiger partial charge in [-0.2, -0.15) is 0 Å². The van der Waals surface area contributed by atoms with Crippen molar-refractivity contribution in [3.63, 3.8) is 0 Å². The van der Waals surface area contributed by atoms with E-state index in [9.17, 15) is 9.90 Å². The van der Waals surface area contributed by atoms with Gasteiger partial charge in [0.15, 0.2) is 0 Å². The number of aromatic carboxylic acids is 1. The molecule has 13 heavy (non-hydrogen) atoms. The first-order valence-electron chi connectivity index (χ1n) is 3.25. The van der Waals surface area contributed by atoms with Gasteiger partial charge in [0.1, 0.15) is 5.69 Å². The number of methoxy groups -OCH3 is 1. The van der Waals surface area contributed by atoms with Crippen molar-refractivity contribution in [1.29, 1.82) is 0 Å². The second-order valence-corrected chi connectivity index (χ2v) is 2.11. The van der Waals surface area contributed by atoms with Crippen LogP contribution in [0.25, 0.3) is 0 Å². The van der Waals surface area contributed by atoms with E-state index in [1.807, 2.05) is 0 Å². The van der Waals surface area contributed by atoms with E-state index in [0.717, 1.165) is 6.20 Å². The minimum Gasteiger partial charge on any atom is -0.543 e. The second kappa shape index (κ2) is 6.04. The second-order valence-electron chi connectivity index (χ2n) is 2.11. The normalized spacial score (nSPS) is 9.00. The Kier molecular flexibility index (Phi) is 5.81. The van der Waals surface area contributed by atoms with Crippen molar-refractivity contribution in [2.45, 2.75) is 6.61 Å². The van der Waals surface area contributed by atoms with Crippen LogP contribution < -0.4 is 34.7 Å². The largest absolute Gasteiger partial charge is 1.00 e. The quantitative estimate of drug-likeness (QED) is 0.454. The van der Waals surface area contributed by atoms with Crippen LogP contribution in [0.5, 0.6) is 0 Å². The third kappa shape index (κ3) is 3.82. The summed E-state index contributed by atoms with van der Waals surface area (Å²) in [5, 5.41) is 10.2. The summed E-state index contributed by atoms with van der Waals surface area (Å²) < 4.78 is 4.76. The Morgan fingerprint density at radius 2 is 2.23 bits per heavy atom. The molecule has 0 aromatic carbocycles. The van der Waals surface area contributed by atoms with E-state index < -0.39 is 5.97 Å². The number of carbonyl (C=O) groups excluding carboxylic acids is 1. The van der Waals surface area contributed by atoms with E-state index in [0.29, 0.717) is 12.3 Å². The van der Waals surface area contributed by atoms with Crippen LogP contribution in [0.2, 0.25) is 0 Å². The summed E-state index contributed by atoms with van der Waals surface area (Å²) in [6, 6.07) is 0. The van der Waals surface area contributed by atoms with Gasteiger partial charge < -0.3 is 14.6 Å². The molecule has 0 spiro atoms. The van der Waals surface area contributed by atoms with Crippen LogP contribution in [0.3, 0.4) is 0 Å². The Balaban J connectivity index is 0.00000144. The molecular formula is C7H7N2NaO3. The minimum absolute atomic E-state index is 0. The molecule has 6 heteroatoms. The van der Waals surface area contributed by atoms with Gasteiger partial charge in [0, 0.05) is 7.11 Å². The maximum Gasteiger partial charge on any atom is 1.00 e. The number of carboxylic acids is 1. The minimum atomic E-state index is -1.33. The van der Waals surface area contributed by atoms with Crippen molar-refractivity contribution < 1.29 is 44.2 Å². The fraction of sp³-hybridized carbons (Fsp3) is 0.286. The molecule has 0 saturated heterocycles. The number of rotatable bonds is 3. The summed E-state index contributed by atoms with van der Waals surface area (Å²) in [6.45, 7) is 0.320. The molecule has 0 atom stereocenters. The third-order valence-corrected chi connectivity index (χ3v) is 1.21. The predicted molar refractivity (Wildman–Crippen MR) is 37.1 cm³/mol. The molecule has 1 rings (SSSR count). The number of ether oxygens (including phenoxy) is 1. The van der Waals surface area contributed by atoms with E-state index in [2.05, 4.69) is 9.97 Å². The average molecular weight is 190 g/mol. The molecule has 0 N–H and O–H groups in total. The first kappa shape index (κ1) is 12.5. The summed E-state index contributed by atoms with van der Waals surface area (Å²) >= 11 is 0. The van der Waals surface area contributed by atoms with Gasteiger partial charge in [0.2, 0.25) is 0 Å². The molecule has 1 heterocycles. The molecule has 0 fully saturated rings. The molecule has 64 valence electrons. The molecule has 0 aliphatic carbocycles. The van der Waals surface area contributed by atoms with Gasteiger partial charge in [0.25, 0.3) is 0 Å². The van der Waals surface area contributed by atoms with Crippen molar-refractivity contribution in [3.8, 4) is 0 Å². The van der Waals surface area contributed by atoms with Crippen molar-refractivity contribution in [2.24, 2.45) is 0 Å². The Morgan fingerprint density at radius 3 is 2.62 bits per heavy atom. The van der Waals surface area contributed by atoms with Gasteiger partial charge in [-0.3, -0.25) is 9.97 Å². The monoisotopic (exact) mass is 190 g/mol. The summed E-state index contributed by atoms with van der Waals surface area (Å²) in [4.78, 5) is 17.6. The van der Waals surface area contributed by atoms with Crippen molar-refractivity contribution >= 4 is 5.97 Å². The molecule has 0 saturated carbocycles. The topological polar surface area (TPSA) is 75.1 Å². The zero-order valence-corrected chi connectivity index (χ0v) is 9.48. The number of hydrogen-bond donors (Lipinski definition) is 0. The van der Waals surface area contributed by atoms with Gasteiger partial charge in [0.05, 0.1) is 30.7 Å². The maximum atomic E-state index is 10.2. The Hall–Kier alpha value is -0.490. The Bertz CT molecular complexity index is 276. The molecule has 0 amide bonds. The van der Waals surface area contributed by atoms with Crippen LogP contribution in [0.1, 0.15) is 16.2 Å². The van der Waals surface area contributed by atoms with Crippen molar-refractivity contribution in [2.75, 3.05) is 7.11 Å². The molecule has 1 aromatic heterocycles. The van der Waals surface area contributed by atoms with Crippen LogP contribution >= 0.6 is 0 Å². The number of nitrogens with zero attached hydrogens (tertiary/aromatic N) is 2. The third-order valence-electron chi connectivity index (χ3n) is 1.21. The molecule has 5 nitrogen and oxygen atoms in total. The van der Waals surface area contributed by atoms with Gasteiger partial charge >= 0.3 is 29.6 Å². The molecular weight excluding hydrogens is 183 g/mol. The van der Waals surface area contributed by atoms with E-state index in [1.165, 1.54) is 13.3 Å². The Morgan fingerprint density at radius 1 is 1.54 bits per heavy atom. The predicted octanol–water partition coefficient (Wildman–Crippen LogP) is -4.01. The standard InChI is InChI=1S/C7H8N2O3.Na/c1-12-4-5-2-9-6(3-8-5)7(10)11;/h2-3H,4H2,1H3,(H,10,11);/q;+1/p-1. The molecule has 0 aliphatic heterocycles. The van der Waals surface area contributed by atoms with Crippen molar-refractivity contribution in [3.05, 3.63) is 23.8 Å². The van der Waals surface area contributed by atoms with E-state index in [4.69, 9.17) is 4.74 Å². The zero-order valence-electron chi connectivity index (χ0n) is 7.48. The molecule has 0 radical (unpaired) electrons. The van der Waals surface area contributed by atoms with Gasteiger partial charge in [-0.15, -0.1) is 0 Å². The maximum absolute atomic E-state index is 10.2. The smallest absolute Gasteiger partial charge is 0.543 e. The number of hydrogen-bond acceptors (Lipinski definition) is 5. The number of carbonyl (C=O) groups is 1. The van der Waals surface area contributed by atoms with Crippen molar-refractivity contribution in [1.82, 2.24) is 9.97 Å². The molecule has 0 bridgehead atoms. The molecule has 1 aromatic rings. The summed E-state index contributed by atoms with van der Waals surface area (Å²) in [5.74, 6) is -1.33. The molecule has 0 aliphatic rings. The summed E-state index contributed by atoms with van der Waals surface area (Å²) in [5.41, 5.74) is 0.414. The van der Waals surface area contributed by atoms with Crippen LogP contribution in [-0.2, 0) is 11.3 Å². The van der Waals surface area contributed by atoms with Gasteiger partial charge in [-0.1, -0.05) is 0 Å². The van der Waals surface area contributed by atoms with Crippen LogP contribution in [0.4, 0.5) is 0 Å². The Labute approximate surface area is 97.4 Å². The SMILES string of the molecule is COCc1cnc(C(=O)[O-])cn1.[Na+]. The fourth-order valence-electron chi connectivity index (χ4n) is 0.683. The summed E-state index contributed by atoms with van der Waals surface area (Å²) in [6.07, 6.45) is 2.48. The number of carboxylic acid groups (broad SMARTS) is 1. The molecule has 0 unspecified atom stereocenters. The van der Waals surface area contributed by atoms with Gasteiger partial charge in [-0.25, -0.2) is 0 Å². The van der Waals surface area contributed by atoms with Crippen LogP contribution in [-0.4, -0.2) is 23.0 Å². The van der Waals surface area contributed by atoms with Gasteiger partial charge in [-0.05, 0) is 0 Å². The van der Waals surface area contributed by atoms with Crippen LogP contribution in [0, 0.1) is 0 Å². The first-order chi connectivity index (χ1) is 5.74. The average Bonchev–Trinajstić information content (AvgIpc) is 2.06. The van der Waals surface area contributed by atoms with E-state index in [-0.39, 0.29) is 35.3 Å². The fourth-order valence-corrected chi connectivity index (χ4v) is 0.683. The summed E-state index contributed by atoms with van der Waals surface area (Å²) in [7, 11) is 1.52. The van der Waals surface area contributed by atoms with Crippen LogP contribution in [0.15, 0.2) is 12.4 Å². The first-order valence-corrected chi connectivity index (χ1v) is 3.25. The number of aromatic nitrogens is 2. The van der Waals surface area contributed by atoms with E-state index >= 15 is 0 Å².